The quantitative estimate of drug-likeness (QED) is 0.502. The highest BCUT2D eigenvalue weighted by atomic mass is 19.1. The molecule has 6 heteroatoms. The fourth-order valence-electron chi connectivity index (χ4n) is 3.37. The number of rotatable bonds is 8. The summed E-state index contributed by atoms with van der Waals surface area (Å²) in [6, 6.07) is 8.39. The molecule has 0 saturated carbocycles. The van der Waals surface area contributed by atoms with Crippen molar-refractivity contribution >= 4 is 28.5 Å². The number of ether oxygens (including phenoxy) is 1. The number of nitrogens with zero attached hydrogens (tertiary/aromatic N) is 1. The Balaban J connectivity index is 0.000000920. The third-order valence-electron chi connectivity index (χ3n) is 4.91. The van der Waals surface area contributed by atoms with Gasteiger partial charge in [0.15, 0.2) is 0 Å². The van der Waals surface area contributed by atoms with Gasteiger partial charge in [0, 0.05) is 34.6 Å². The zero-order chi connectivity index (χ0) is 24.4. The van der Waals surface area contributed by atoms with Crippen LogP contribution < -0.4 is 0 Å². The molecule has 1 heterocycles. The maximum absolute atomic E-state index is 11.3. The lowest BCUT2D eigenvalue weighted by molar-refractivity contribution is -0.143. The molecule has 2 N–H and O–H groups in total. The minimum absolute atomic E-state index is 0.0654. The summed E-state index contributed by atoms with van der Waals surface area (Å²) in [5.41, 5.74) is 4.09. The molecule has 0 fully saturated rings. The molecule has 0 radical (unpaired) electrons. The maximum atomic E-state index is 11.3. The number of hydrogen-bond acceptors (Lipinski definition) is 4. The normalized spacial score (nSPS) is 13.8. The second kappa shape index (κ2) is 13.0. The van der Waals surface area contributed by atoms with E-state index in [0.29, 0.717) is 0 Å². The van der Waals surface area contributed by atoms with Crippen molar-refractivity contribution < 1.29 is 24.1 Å². The van der Waals surface area contributed by atoms with E-state index in [1.54, 1.807) is 13.0 Å². The molecular formula is C26H36FNO4. The number of esters is 1. The molecule has 2 atom stereocenters. The zero-order valence-corrected chi connectivity index (χ0v) is 19.9. The number of carbonyl (C=O) groups is 1. The molecule has 0 bridgehead atoms. The van der Waals surface area contributed by atoms with Crippen molar-refractivity contribution in [1.29, 1.82) is 0 Å². The summed E-state index contributed by atoms with van der Waals surface area (Å²) >= 11 is 0. The summed E-state index contributed by atoms with van der Waals surface area (Å²) in [7, 11) is 1.27. The van der Waals surface area contributed by atoms with Gasteiger partial charge in [0.2, 0.25) is 0 Å². The van der Waals surface area contributed by atoms with Crippen molar-refractivity contribution in [3.8, 4) is 0 Å². The number of methoxy groups -OCH3 is 1. The summed E-state index contributed by atoms with van der Waals surface area (Å²) in [5, 5.41) is 21.3. The highest BCUT2D eigenvalue weighted by Gasteiger charge is 2.18. The van der Waals surface area contributed by atoms with E-state index in [4.69, 9.17) is 0 Å². The van der Waals surface area contributed by atoms with Gasteiger partial charge >= 0.3 is 5.97 Å². The number of aliphatic hydroxyl groups is 2. The van der Waals surface area contributed by atoms with Gasteiger partial charge in [0.1, 0.15) is 0 Å². The first-order chi connectivity index (χ1) is 15.0. The molecule has 2 aromatic rings. The van der Waals surface area contributed by atoms with Gasteiger partial charge in [-0.2, -0.15) is 0 Å². The van der Waals surface area contributed by atoms with E-state index in [1.807, 2.05) is 25.1 Å². The van der Waals surface area contributed by atoms with Crippen LogP contribution in [-0.4, -0.2) is 40.1 Å². The van der Waals surface area contributed by atoms with Gasteiger partial charge in [-0.25, -0.2) is 4.39 Å². The van der Waals surface area contributed by atoms with Gasteiger partial charge in [-0.05, 0) is 52.3 Å². The largest absolute Gasteiger partial charge is 0.469 e. The average Bonchev–Trinajstić information content (AvgIpc) is 3.06. The summed E-state index contributed by atoms with van der Waals surface area (Å²) in [6.45, 7) is 13.4. The molecule has 5 nitrogen and oxygen atoms in total. The topological polar surface area (TPSA) is 71.7 Å². The summed E-state index contributed by atoms with van der Waals surface area (Å²) in [6.07, 6.45) is 3.05. The fourth-order valence-corrected chi connectivity index (χ4v) is 3.37. The Morgan fingerprint density at radius 3 is 2.34 bits per heavy atom. The molecule has 1 aromatic heterocycles. The number of benzene rings is 1. The van der Waals surface area contributed by atoms with Gasteiger partial charge in [0.25, 0.3) is 0 Å². The molecule has 2 rings (SSSR count). The van der Waals surface area contributed by atoms with Crippen LogP contribution in [0.5, 0.6) is 0 Å². The first kappa shape index (κ1) is 27.3. The lowest BCUT2D eigenvalue weighted by atomic mass is 10.0. The van der Waals surface area contributed by atoms with Crippen molar-refractivity contribution in [2.75, 3.05) is 7.11 Å². The molecule has 1 aromatic carbocycles. The number of allylic oxidation sites excluding steroid dienone is 3. The molecule has 0 saturated heterocycles. The van der Waals surface area contributed by atoms with E-state index >= 15 is 0 Å². The molecule has 0 aliphatic heterocycles. The number of carbonyl (C=O) groups excluding carboxylic acids is 1. The Bertz CT molecular complexity index is 968. The van der Waals surface area contributed by atoms with Crippen LogP contribution in [0.3, 0.4) is 0 Å². The minimum Gasteiger partial charge on any atom is -0.469 e. The first-order valence-corrected chi connectivity index (χ1v) is 10.7. The summed E-state index contributed by atoms with van der Waals surface area (Å²) < 4.78 is 18.0. The number of para-hydroxylation sites is 1. The van der Waals surface area contributed by atoms with Crippen LogP contribution in [0.1, 0.15) is 64.8 Å². The Kier molecular flexibility index (Phi) is 11.1. The lowest BCUT2D eigenvalue weighted by Crippen LogP contribution is -2.20. The minimum atomic E-state index is -0.950. The Morgan fingerprint density at radius 2 is 1.84 bits per heavy atom. The highest BCUT2D eigenvalue weighted by molar-refractivity contribution is 5.96. The highest BCUT2D eigenvalue weighted by Crippen LogP contribution is 2.34. The Morgan fingerprint density at radius 1 is 1.25 bits per heavy atom. The number of halogens is 1. The van der Waals surface area contributed by atoms with Crippen LogP contribution in [0.25, 0.3) is 22.6 Å². The molecule has 176 valence electrons. The number of hydrogen-bond donors (Lipinski definition) is 2. The van der Waals surface area contributed by atoms with Gasteiger partial charge in [-0.3, -0.25) is 4.79 Å². The van der Waals surface area contributed by atoms with Gasteiger partial charge in [-0.1, -0.05) is 36.9 Å². The molecule has 2 unspecified atom stereocenters. The van der Waals surface area contributed by atoms with Crippen molar-refractivity contribution in [2.24, 2.45) is 0 Å². The van der Waals surface area contributed by atoms with Crippen molar-refractivity contribution in [2.45, 2.75) is 65.7 Å². The summed E-state index contributed by atoms with van der Waals surface area (Å²) in [4.78, 5) is 11.2. The lowest BCUT2D eigenvalue weighted by Gasteiger charge is -2.15. The van der Waals surface area contributed by atoms with E-state index in [-0.39, 0.29) is 24.7 Å². The van der Waals surface area contributed by atoms with Crippen LogP contribution in [0.4, 0.5) is 4.39 Å². The molecule has 0 spiro atoms. The van der Waals surface area contributed by atoms with E-state index in [1.165, 1.54) is 20.1 Å². The van der Waals surface area contributed by atoms with Crippen LogP contribution in [0, 0.1) is 0 Å². The molecule has 0 aliphatic rings. The standard InChI is InChI=1S/C22H29NO4.C4H7F/c1-14(2)22-18-8-6-7-9-19(18)23(15(3)4)20(22)11-10-16(24)12-17(25)13-21(26)27-5;1-3-4(2)5/h6-11,15-17,24-25H,1,12-13H2,2-5H3;3H,1-2H3/b11-10+;4-3+. The van der Waals surface area contributed by atoms with Gasteiger partial charge in [0.05, 0.1) is 31.6 Å². The Labute approximate surface area is 190 Å². The second-order valence-electron chi connectivity index (χ2n) is 7.99. The molecule has 0 amide bonds. The maximum Gasteiger partial charge on any atom is 0.308 e. The van der Waals surface area contributed by atoms with Crippen LogP contribution >= 0.6 is 0 Å². The fraction of sp³-hybridized carbons (Fsp3) is 0.423. The van der Waals surface area contributed by atoms with Crippen molar-refractivity contribution in [1.82, 2.24) is 4.57 Å². The Hall–Kier alpha value is -2.70. The third kappa shape index (κ3) is 7.77. The van der Waals surface area contributed by atoms with E-state index < -0.39 is 18.2 Å². The van der Waals surface area contributed by atoms with Crippen LogP contribution in [0.15, 0.2) is 48.8 Å². The predicted molar refractivity (Wildman–Crippen MR) is 130 cm³/mol. The second-order valence-corrected chi connectivity index (χ2v) is 7.99. The first-order valence-electron chi connectivity index (χ1n) is 10.7. The number of fused-ring (bicyclic) bond motifs is 1. The predicted octanol–water partition coefficient (Wildman–Crippen LogP) is 5.82. The van der Waals surface area contributed by atoms with Gasteiger partial charge < -0.3 is 19.5 Å². The molecule has 32 heavy (non-hydrogen) atoms. The SMILES string of the molecule is C/C=C(\C)F.C=C(C)c1c(/C=C/C(O)CC(O)CC(=O)OC)n(C(C)C)c2ccccc12. The zero-order valence-electron chi connectivity index (χ0n) is 19.9. The van der Waals surface area contributed by atoms with E-state index in [2.05, 4.69) is 41.9 Å². The molecular weight excluding hydrogens is 409 g/mol. The molecule has 0 aliphatic carbocycles. The summed E-state index contributed by atoms with van der Waals surface area (Å²) in [5.74, 6) is -0.617. The van der Waals surface area contributed by atoms with Crippen molar-refractivity contribution in [3.63, 3.8) is 0 Å². The van der Waals surface area contributed by atoms with Gasteiger partial charge in [-0.15, -0.1) is 0 Å². The van der Waals surface area contributed by atoms with Crippen molar-refractivity contribution in [3.05, 3.63) is 60.1 Å². The number of aromatic nitrogens is 1. The third-order valence-corrected chi connectivity index (χ3v) is 4.91. The smallest absolute Gasteiger partial charge is 0.308 e. The van der Waals surface area contributed by atoms with E-state index in [9.17, 15) is 19.4 Å². The number of aliphatic hydroxyl groups excluding tert-OH is 2. The monoisotopic (exact) mass is 445 g/mol. The van der Waals surface area contributed by atoms with Crippen LogP contribution in [0.2, 0.25) is 0 Å². The van der Waals surface area contributed by atoms with Crippen LogP contribution in [-0.2, 0) is 9.53 Å². The average molecular weight is 446 g/mol. The van der Waals surface area contributed by atoms with E-state index in [0.717, 1.165) is 27.7 Å².